The van der Waals surface area contributed by atoms with Crippen LogP contribution in [0.3, 0.4) is 0 Å². The van der Waals surface area contributed by atoms with Gasteiger partial charge >= 0.3 is 0 Å². The Kier molecular flexibility index (Phi) is 5.95. The van der Waals surface area contributed by atoms with E-state index in [9.17, 15) is 9.59 Å². The summed E-state index contributed by atoms with van der Waals surface area (Å²) in [6, 6.07) is 24.3. The summed E-state index contributed by atoms with van der Waals surface area (Å²) >= 11 is 0. The van der Waals surface area contributed by atoms with Crippen LogP contribution in [0, 0.1) is 5.92 Å². The number of hydrogen-bond donors (Lipinski definition) is 2. The van der Waals surface area contributed by atoms with Crippen LogP contribution in [0.25, 0.3) is 22.8 Å². The predicted molar refractivity (Wildman–Crippen MR) is 131 cm³/mol. The number of rotatable bonds is 7. The summed E-state index contributed by atoms with van der Waals surface area (Å²) in [6.45, 7) is 1.93. The molecule has 0 spiro atoms. The van der Waals surface area contributed by atoms with Crippen LogP contribution in [0.15, 0.2) is 89.5 Å². The minimum absolute atomic E-state index is 0.0765. The number of oxazole rings is 1. The molecule has 1 saturated carbocycles. The fourth-order valence-corrected chi connectivity index (χ4v) is 3.80. The number of benzene rings is 3. The molecule has 1 heterocycles. The van der Waals surface area contributed by atoms with E-state index in [0.717, 1.165) is 29.7 Å². The van der Waals surface area contributed by atoms with E-state index in [0.29, 0.717) is 22.8 Å². The van der Waals surface area contributed by atoms with Gasteiger partial charge in [0.1, 0.15) is 0 Å². The van der Waals surface area contributed by atoms with E-state index in [-0.39, 0.29) is 23.8 Å². The Morgan fingerprint density at radius 3 is 2.38 bits per heavy atom. The van der Waals surface area contributed by atoms with Crippen LogP contribution in [0.5, 0.6) is 0 Å². The van der Waals surface area contributed by atoms with Crippen LogP contribution in [-0.2, 0) is 4.79 Å². The maximum absolute atomic E-state index is 13.2. The van der Waals surface area contributed by atoms with Gasteiger partial charge in [-0.15, -0.1) is 0 Å². The van der Waals surface area contributed by atoms with Gasteiger partial charge in [0.2, 0.25) is 11.8 Å². The van der Waals surface area contributed by atoms with Gasteiger partial charge in [-0.1, -0.05) is 54.6 Å². The number of aromatic nitrogens is 1. The number of hydrogen-bond acceptors (Lipinski definition) is 4. The van der Waals surface area contributed by atoms with Gasteiger partial charge in [0, 0.05) is 22.7 Å². The van der Waals surface area contributed by atoms with E-state index in [4.69, 9.17) is 4.42 Å². The molecule has 6 heteroatoms. The summed E-state index contributed by atoms with van der Waals surface area (Å²) in [6.07, 6.45) is 3.61. The number of carbonyl (C=O) groups is 2. The Hall–Kier alpha value is -4.19. The molecule has 1 aliphatic carbocycles. The fraction of sp³-hybridized carbons (Fsp3) is 0.179. The van der Waals surface area contributed by atoms with E-state index < -0.39 is 0 Å². The number of nitrogens with one attached hydrogen (secondary N) is 2. The lowest BCUT2D eigenvalue weighted by molar-refractivity contribution is -0.117. The first-order valence-corrected chi connectivity index (χ1v) is 11.4. The Morgan fingerprint density at radius 1 is 0.941 bits per heavy atom. The fourth-order valence-electron chi connectivity index (χ4n) is 3.80. The molecule has 34 heavy (non-hydrogen) atoms. The monoisotopic (exact) mass is 451 g/mol. The maximum Gasteiger partial charge on any atom is 0.252 e. The van der Waals surface area contributed by atoms with Crippen molar-refractivity contribution in [1.29, 1.82) is 0 Å². The molecule has 1 aromatic heterocycles. The predicted octanol–water partition coefficient (Wildman–Crippen LogP) is 5.85. The summed E-state index contributed by atoms with van der Waals surface area (Å²) in [4.78, 5) is 29.5. The van der Waals surface area contributed by atoms with Gasteiger partial charge in [0.15, 0.2) is 5.76 Å². The first-order chi connectivity index (χ1) is 16.6. The third kappa shape index (κ3) is 4.76. The molecule has 2 amide bonds. The summed E-state index contributed by atoms with van der Waals surface area (Å²) in [5.74, 6) is 1.06. The first-order valence-electron chi connectivity index (χ1n) is 11.4. The average molecular weight is 452 g/mol. The van der Waals surface area contributed by atoms with Crippen molar-refractivity contribution < 1.29 is 14.0 Å². The van der Waals surface area contributed by atoms with E-state index in [1.165, 1.54) is 0 Å². The number of amides is 2. The Balaban J connectivity index is 1.30. The van der Waals surface area contributed by atoms with E-state index >= 15 is 0 Å². The molecule has 1 atom stereocenters. The molecule has 0 aliphatic heterocycles. The van der Waals surface area contributed by atoms with Crippen LogP contribution < -0.4 is 10.6 Å². The highest BCUT2D eigenvalue weighted by atomic mass is 16.4. The van der Waals surface area contributed by atoms with Crippen LogP contribution in [0.2, 0.25) is 0 Å². The quantitative estimate of drug-likeness (QED) is 0.369. The van der Waals surface area contributed by atoms with Gasteiger partial charge < -0.3 is 15.1 Å². The molecule has 0 bridgehead atoms. The molecule has 6 nitrogen and oxygen atoms in total. The van der Waals surface area contributed by atoms with Crippen molar-refractivity contribution in [3.05, 3.63) is 96.2 Å². The van der Waals surface area contributed by atoms with Gasteiger partial charge in [-0.25, -0.2) is 4.98 Å². The first kappa shape index (κ1) is 21.6. The topological polar surface area (TPSA) is 84.2 Å². The zero-order chi connectivity index (χ0) is 23.5. The van der Waals surface area contributed by atoms with E-state index in [2.05, 4.69) is 15.6 Å². The molecule has 0 saturated heterocycles. The SMILES string of the molecule is CC(NC(=O)c1ccccc1-c1ncc(-c2ccccc2)o1)c1ccc(NC(=O)C2CC2)cc1. The van der Waals surface area contributed by atoms with Crippen LogP contribution >= 0.6 is 0 Å². The zero-order valence-corrected chi connectivity index (χ0v) is 18.8. The van der Waals surface area contributed by atoms with Crippen molar-refractivity contribution >= 4 is 17.5 Å². The highest BCUT2D eigenvalue weighted by Gasteiger charge is 2.29. The van der Waals surface area contributed by atoms with Gasteiger partial charge in [0.05, 0.1) is 17.8 Å². The highest BCUT2D eigenvalue weighted by Crippen LogP contribution is 2.31. The lowest BCUT2D eigenvalue weighted by Gasteiger charge is -2.16. The Labute approximate surface area is 198 Å². The summed E-state index contributed by atoms with van der Waals surface area (Å²) < 4.78 is 5.98. The molecule has 3 aromatic carbocycles. The standard InChI is InChI=1S/C28H25N3O3/c1-18(19-13-15-22(16-14-19)31-26(32)21-11-12-21)30-27(33)23-9-5-6-10-24(23)28-29-17-25(34-28)20-7-3-2-4-8-20/h2-10,13-18,21H,11-12H2,1H3,(H,30,33)(H,31,32). The molecular formula is C28H25N3O3. The third-order valence-electron chi connectivity index (χ3n) is 5.94. The van der Waals surface area contributed by atoms with Crippen molar-refractivity contribution in [3.8, 4) is 22.8 Å². The van der Waals surface area contributed by atoms with Crippen LogP contribution in [0.1, 0.15) is 41.7 Å². The molecule has 5 rings (SSSR count). The molecule has 4 aromatic rings. The Morgan fingerprint density at radius 2 is 1.65 bits per heavy atom. The van der Waals surface area contributed by atoms with Crippen molar-refractivity contribution in [1.82, 2.24) is 10.3 Å². The third-order valence-corrected chi connectivity index (χ3v) is 5.94. The van der Waals surface area contributed by atoms with Gasteiger partial charge in [-0.3, -0.25) is 9.59 Å². The summed E-state index contributed by atoms with van der Waals surface area (Å²) in [7, 11) is 0. The lowest BCUT2D eigenvalue weighted by atomic mass is 10.0. The van der Waals surface area contributed by atoms with Gasteiger partial charge in [-0.2, -0.15) is 0 Å². The molecule has 2 N–H and O–H groups in total. The largest absolute Gasteiger partial charge is 0.436 e. The summed E-state index contributed by atoms with van der Waals surface area (Å²) in [5.41, 5.74) is 3.76. The minimum atomic E-state index is -0.224. The van der Waals surface area contributed by atoms with Crippen LogP contribution in [-0.4, -0.2) is 16.8 Å². The molecule has 0 radical (unpaired) electrons. The molecule has 170 valence electrons. The molecular weight excluding hydrogens is 426 g/mol. The van der Waals surface area contributed by atoms with Gasteiger partial charge in [-0.05, 0) is 49.6 Å². The van der Waals surface area contributed by atoms with Crippen LogP contribution in [0.4, 0.5) is 5.69 Å². The van der Waals surface area contributed by atoms with Gasteiger partial charge in [0.25, 0.3) is 5.91 Å². The normalized spacial score (nSPS) is 13.8. The molecule has 1 unspecified atom stereocenters. The Bertz CT molecular complexity index is 1310. The van der Waals surface area contributed by atoms with Crippen molar-refractivity contribution in [2.75, 3.05) is 5.32 Å². The maximum atomic E-state index is 13.2. The molecule has 1 fully saturated rings. The smallest absolute Gasteiger partial charge is 0.252 e. The lowest BCUT2D eigenvalue weighted by Crippen LogP contribution is -2.27. The van der Waals surface area contributed by atoms with Crippen molar-refractivity contribution in [2.45, 2.75) is 25.8 Å². The van der Waals surface area contributed by atoms with E-state index in [1.807, 2.05) is 79.7 Å². The summed E-state index contributed by atoms with van der Waals surface area (Å²) in [5, 5.41) is 5.99. The zero-order valence-electron chi connectivity index (χ0n) is 18.8. The number of nitrogens with zero attached hydrogens (tertiary/aromatic N) is 1. The van der Waals surface area contributed by atoms with Crippen molar-refractivity contribution in [3.63, 3.8) is 0 Å². The molecule has 1 aliphatic rings. The average Bonchev–Trinajstić information content (AvgIpc) is 3.61. The highest BCUT2D eigenvalue weighted by molar-refractivity contribution is 6.00. The second kappa shape index (κ2) is 9.35. The minimum Gasteiger partial charge on any atom is -0.436 e. The number of carbonyl (C=O) groups excluding carboxylic acids is 2. The van der Waals surface area contributed by atoms with Crippen molar-refractivity contribution in [2.24, 2.45) is 5.92 Å². The number of anilines is 1. The second-order valence-electron chi connectivity index (χ2n) is 8.52. The van der Waals surface area contributed by atoms with E-state index in [1.54, 1.807) is 12.3 Å². The second-order valence-corrected chi connectivity index (χ2v) is 8.52.